The fourth-order valence-corrected chi connectivity index (χ4v) is 4.47. The molecule has 2 saturated heterocycles. The molecule has 5 heterocycles. The standard InChI is InChI=1S/C22H24N8O2/c1-23-22(31)18-19(25-13-10-32-11-13)14-7-17(24-12-8-29(2)9-12)27-28-20(14)30-16-6-4-3-5-15(16)26-21(18)30/h3-7,12-13,25H,8-11H2,1-2H3,(H,23,31)(H,24,27). The number of likely N-dealkylation sites (N-methyl/N-ethyl adjacent to an activating group) is 1. The van der Waals surface area contributed by atoms with E-state index in [1.807, 2.05) is 34.7 Å². The van der Waals surface area contributed by atoms with Gasteiger partial charge in [0, 0.05) is 25.5 Å². The van der Waals surface area contributed by atoms with Gasteiger partial charge in [-0.15, -0.1) is 10.2 Å². The van der Waals surface area contributed by atoms with E-state index < -0.39 is 0 Å². The van der Waals surface area contributed by atoms with Gasteiger partial charge in [-0.3, -0.25) is 9.20 Å². The molecule has 3 N–H and O–H groups in total. The molecule has 0 saturated carbocycles. The molecule has 1 amide bonds. The highest BCUT2D eigenvalue weighted by molar-refractivity contribution is 6.13. The van der Waals surface area contributed by atoms with Crippen LogP contribution in [-0.2, 0) is 4.74 Å². The number of nitrogens with one attached hydrogen (secondary N) is 3. The molecule has 32 heavy (non-hydrogen) atoms. The second kappa shape index (κ2) is 7.28. The number of ether oxygens (including phenoxy) is 1. The number of carbonyl (C=O) groups is 1. The van der Waals surface area contributed by atoms with Gasteiger partial charge in [0.25, 0.3) is 5.91 Å². The predicted molar refractivity (Wildman–Crippen MR) is 122 cm³/mol. The normalized spacial score (nSPS) is 17.4. The van der Waals surface area contributed by atoms with E-state index in [-0.39, 0.29) is 11.9 Å². The van der Waals surface area contributed by atoms with Gasteiger partial charge in [0.1, 0.15) is 11.4 Å². The quantitative estimate of drug-likeness (QED) is 0.433. The first-order valence-electron chi connectivity index (χ1n) is 10.7. The number of anilines is 2. The Balaban J connectivity index is 1.63. The van der Waals surface area contributed by atoms with E-state index in [4.69, 9.17) is 9.72 Å². The third kappa shape index (κ3) is 2.94. The summed E-state index contributed by atoms with van der Waals surface area (Å²) in [6, 6.07) is 10.2. The molecule has 4 aromatic rings. The molecule has 0 unspecified atom stereocenters. The molecule has 2 aliphatic rings. The third-order valence-electron chi connectivity index (χ3n) is 6.15. The first kappa shape index (κ1) is 19.2. The number of pyridine rings is 1. The second-order valence-corrected chi connectivity index (χ2v) is 8.50. The number of carbonyl (C=O) groups excluding carboxylic acids is 1. The Morgan fingerprint density at radius 2 is 1.91 bits per heavy atom. The lowest BCUT2D eigenvalue weighted by molar-refractivity contribution is 0.0211. The summed E-state index contributed by atoms with van der Waals surface area (Å²) < 4.78 is 7.28. The van der Waals surface area contributed by atoms with Crippen molar-refractivity contribution in [1.82, 2.24) is 29.8 Å². The number of rotatable bonds is 5. The largest absolute Gasteiger partial charge is 0.377 e. The maximum Gasteiger partial charge on any atom is 0.256 e. The molecule has 0 spiro atoms. The van der Waals surface area contributed by atoms with Crippen LogP contribution in [0.1, 0.15) is 10.4 Å². The van der Waals surface area contributed by atoms with Gasteiger partial charge in [-0.2, -0.15) is 0 Å². The van der Waals surface area contributed by atoms with Crippen LogP contribution < -0.4 is 16.0 Å². The van der Waals surface area contributed by atoms with Crippen molar-refractivity contribution >= 4 is 45.1 Å². The van der Waals surface area contributed by atoms with Gasteiger partial charge in [0.05, 0.1) is 42.0 Å². The van der Waals surface area contributed by atoms with Crippen LogP contribution in [0.15, 0.2) is 30.3 Å². The average molecular weight is 432 g/mol. The number of aromatic nitrogens is 4. The summed E-state index contributed by atoms with van der Waals surface area (Å²) in [5.41, 5.74) is 4.08. The summed E-state index contributed by atoms with van der Waals surface area (Å²) in [5, 5.41) is 19.6. The molecular weight excluding hydrogens is 408 g/mol. The van der Waals surface area contributed by atoms with Gasteiger partial charge in [0.2, 0.25) is 0 Å². The second-order valence-electron chi connectivity index (χ2n) is 8.50. The minimum atomic E-state index is -0.207. The van der Waals surface area contributed by atoms with Crippen molar-refractivity contribution in [3.05, 3.63) is 35.9 Å². The number of imidazole rings is 1. The SMILES string of the molecule is CNC(=O)c1c(NC2COC2)c2cc(NC3CN(C)C3)nnc2n2c1nc1ccccc12. The van der Waals surface area contributed by atoms with E-state index in [0.717, 1.165) is 29.5 Å². The lowest BCUT2D eigenvalue weighted by Gasteiger charge is -2.36. The number of likely N-dealkylation sites (tertiary alicyclic amines) is 1. The molecule has 10 heteroatoms. The van der Waals surface area contributed by atoms with E-state index in [1.165, 1.54) is 0 Å². The summed E-state index contributed by atoms with van der Waals surface area (Å²) in [7, 11) is 3.72. The number of amides is 1. The first-order valence-corrected chi connectivity index (χ1v) is 10.7. The number of benzene rings is 1. The molecule has 2 fully saturated rings. The van der Waals surface area contributed by atoms with Crippen molar-refractivity contribution in [3.8, 4) is 0 Å². The van der Waals surface area contributed by atoms with Gasteiger partial charge in [0.15, 0.2) is 11.3 Å². The Bertz CT molecular complexity index is 1360. The molecule has 164 valence electrons. The fraction of sp³-hybridized carbons (Fsp3) is 0.364. The van der Waals surface area contributed by atoms with Crippen molar-refractivity contribution in [2.24, 2.45) is 0 Å². The van der Waals surface area contributed by atoms with E-state index in [0.29, 0.717) is 47.6 Å². The Labute approximate surface area is 183 Å². The minimum absolute atomic E-state index is 0.123. The van der Waals surface area contributed by atoms with Gasteiger partial charge in [-0.05, 0) is 25.2 Å². The predicted octanol–water partition coefficient (Wildman–Crippen LogP) is 1.33. The van der Waals surface area contributed by atoms with Crippen molar-refractivity contribution in [2.75, 3.05) is 51.0 Å². The fourth-order valence-electron chi connectivity index (χ4n) is 4.47. The third-order valence-corrected chi connectivity index (χ3v) is 6.15. The Hall–Kier alpha value is -3.50. The van der Waals surface area contributed by atoms with E-state index in [9.17, 15) is 4.79 Å². The first-order chi connectivity index (χ1) is 15.6. The van der Waals surface area contributed by atoms with Crippen LogP contribution in [0.2, 0.25) is 0 Å². The zero-order valence-corrected chi connectivity index (χ0v) is 17.9. The maximum absolute atomic E-state index is 13.1. The summed E-state index contributed by atoms with van der Waals surface area (Å²) in [6.45, 7) is 3.10. The number of nitrogens with zero attached hydrogens (tertiary/aromatic N) is 5. The summed E-state index contributed by atoms with van der Waals surface area (Å²) in [6.07, 6.45) is 0. The monoisotopic (exact) mass is 432 g/mol. The zero-order valence-electron chi connectivity index (χ0n) is 17.9. The van der Waals surface area contributed by atoms with E-state index >= 15 is 0 Å². The van der Waals surface area contributed by atoms with Crippen molar-refractivity contribution in [3.63, 3.8) is 0 Å². The van der Waals surface area contributed by atoms with Crippen LogP contribution >= 0.6 is 0 Å². The molecule has 1 aromatic carbocycles. The van der Waals surface area contributed by atoms with Crippen LogP contribution in [0.4, 0.5) is 11.5 Å². The summed E-state index contributed by atoms with van der Waals surface area (Å²) >= 11 is 0. The van der Waals surface area contributed by atoms with Crippen molar-refractivity contribution in [2.45, 2.75) is 12.1 Å². The lowest BCUT2D eigenvalue weighted by atomic mass is 10.1. The molecule has 0 aliphatic carbocycles. The lowest BCUT2D eigenvalue weighted by Crippen LogP contribution is -2.52. The topological polar surface area (TPSA) is 109 Å². The molecule has 3 aromatic heterocycles. The summed E-state index contributed by atoms with van der Waals surface area (Å²) in [4.78, 5) is 20.1. The van der Waals surface area contributed by atoms with Crippen molar-refractivity contribution < 1.29 is 9.53 Å². The zero-order chi connectivity index (χ0) is 21.8. The van der Waals surface area contributed by atoms with Crippen LogP contribution in [0.5, 0.6) is 0 Å². The van der Waals surface area contributed by atoms with Crippen LogP contribution in [-0.4, -0.2) is 82.9 Å². The Morgan fingerprint density at radius 3 is 2.62 bits per heavy atom. The highest BCUT2D eigenvalue weighted by atomic mass is 16.5. The van der Waals surface area contributed by atoms with Gasteiger partial charge in [-0.1, -0.05) is 12.1 Å². The van der Waals surface area contributed by atoms with Crippen LogP contribution in [0, 0.1) is 0 Å². The highest BCUT2D eigenvalue weighted by Gasteiger charge is 2.28. The van der Waals surface area contributed by atoms with E-state index in [1.54, 1.807) is 7.05 Å². The molecule has 6 rings (SSSR count). The van der Waals surface area contributed by atoms with Gasteiger partial charge >= 0.3 is 0 Å². The average Bonchev–Trinajstić information content (AvgIpc) is 3.13. The van der Waals surface area contributed by atoms with Gasteiger partial charge in [-0.25, -0.2) is 4.98 Å². The molecule has 10 nitrogen and oxygen atoms in total. The smallest absolute Gasteiger partial charge is 0.256 e. The van der Waals surface area contributed by atoms with Gasteiger partial charge < -0.3 is 25.6 Å². The minimum Gasteiger partial charge on any atom is -0.377 e. The van der Waals surface area contributed by atoms with Crippen LogP contribution in [0.3, 0.4) is 0 Å². The number of hydrogen-bond donors (Lipinski definition) is 3. The Kier molecular flexibility index (Phi) is 4.37. The molecule has 0 bridgehead atoms. The maximum atomic E-state index is 13.1. The highest BCUT2D eigenvalue weighted by Crippen LogP contribution is 2.35. The van der Waals surface area contributed by atoms with E-state index in [2.05, 4.69) is 38.1 Å². The molecule has 0 radical (unpaired) electrons. The molecule has 0 atom stereocenters. The molecular formula is C22H24N8O2. The van der Waals surface area contributed by atoms with Crippen molar-refractivity contribution in [1.29, 1.82) is 0 Å². The number of hydrogen-bond acceptors (Lipinski definition) is 8. The number of fused-ring (bicyclic) bond motifs is 5. The summed E-state index contributed by atoms with van der Waals surface area (Å²) in [5.74, 6) is 0.483. The van der Waals surface area contributed by atoms with Crippen LogP contribution in [0.25, 0.3) is 27.7 Å². The Morgan fingerprint density at radius 1 is 1.09 bits per heavy atom. The number of para-hydroxylation sites is 2. The molecule has 2 aliphatic heterocycles.